The van der Waals surface area contributed by atoms with E-state index in [2.05, 4.69) is 15.4 Å². The van der Waals surface area contributed by atoms with E-state index in [0.29, 0.717) is 0 Å². The Kier molecular flexibility index (Phi) is 5.31. The number of aromatic nitrogens is 3. The van der Waals surface area contributed by atoms with Gasteiger partial charge in [0.2, 0.25) is 0 Å². The van der Waals surface area contributed by atoms with Gasteiger partial charge in [-0.3, -0.25) is 4.98 Å². The minimum absolute atomic E-state index is 0.0573. The van der Waals surface area contributed by atoms with Gasteiger partial charge in [-0.15, -0.1) is 0 Å². The molecule has 0 aliphatic rings. The summed E-state index contributed by atoms with van der Waals surface area (Å²) >= 11 is 0. The Bertz CT molecular complexity index is 830. The summed E-state index contributed by atoms with van der Waals surface area (Å²) in [7, 11) is 1.79. The molecule has 2 aromatic heterocycles. The highest BCUT2D eigenvalue weighted by Crippen LogP contribution is 2.19. The van der Waals surface area contributed by atoms with Gasteiger partial charge in [-0.25, -0.2) is 9.48 Å². The molecule has 6 nitrogen and oxygen atoms in total. The molecule has 0 spiro atoms. The number of hydrogen-bond donors (Lipinski definition) is 1. The van der Waals surface area contributed by atoms with Crippen molar-refractivity contribution >= 4 is 6.03 Å². The molecule has 1 aromatic carbocycles. The summed E-state index contributed by atoms with van der Waals surface area (Å²) in [5.74, 6) is 0. The number of rotatable bonds is 5. The van der Waals surface area contributed by atoms with Gasteiger partial charge in [0, 0.05) is 31.8 Å². The van der Waals surface area contributed by atoms with Crippen LogP contribution in [0.1, 0.15) is 37.1 Å². The van der Waals surface area contributed by atoms with Crippen molar-refractivity contribution in [2.24, 2.45) is 0 Å². The minimum atomic E-state index is -0.120. The molecule has 26 heavy (non-hydrogen) atoms. The van der Waals surface area contributed by atoms with Crippen LogP contribution in [0.25, 0.3) is 5.69 Å². The molecule has 0 saturated heterocycles. The van der Waals surface area contributed by atoms with Crippen LogP contribution in [0.3, 0.4) is 0 Å². The SMILES string of the molecule is C[C@@H](NC(=O)N(C)[C@@H](C)c1cccnc1)c1ccc(-n2cccn2)cc1. The lowest BCUT2D eigenvalue weighted by Gasteiger charge is -2.27. The molecule has 0 aliphatic heterocycles. The summed E-state index contributed by atoms with van der Waals surface area (Å²) in [6.07, 6.45) is 7.15. The van der Waals surface area contributed by atoms with E-state index in [-0.39, 0.29) is 18.1 Å². The molecule has 0 radical (unpaired) electrons. The van der Waals surface area contributed by atoms with E-state index in [0.717, 1.165) is 16.8 Å². The smallest absolute Gasteiger partial charge is 0.318 e. The van der Waals surface area contributed by atoms with E-state index in [1.807, 2.05) is 62.5 Å². The molecule has 0 fully saturated rings. The number of nitrogens with zero attached hydrogens (tertiary/aromatic N) is 4. The van der Waals surface area contributed by atoms with E-state index in [1.54, 1.807) is 35.2 Å². The van der Waals surface area contributed by atoms with Crippen LogP contribution in [0.4, 0.5) is 4.79 Å². The third-order valence-electron chi connectivity index (χ3n) is 4.57. The first-order valence-electron chi connectivity index (χ1n) is 8.59. The number of carbonyl (C=O) groups excluding carboxylic acids is 1. The van der Waals surface area contributed by atoms with Crippen molar-refractivity contribution in [1.82, 2.24) is 25.0 Å². The molecule has 6 heteroatoms. The van der Waals surface area contributed by atoms with Crippen LogP contribution in [-0.4, -0.2) is 32.7 Å². The highest BCUT2D eigenvalue weighted by atomic mass is 16.2. The number of carbonyl (C=O) groups is 1. The summed E-state index contributed by atoms with van der Waals surface area (Å²) in [6.45, 7) is 3.96. The van der Waals surface area contributed by atoms with Crippen LogP contribution in [0.5, 0.6) is 0 Å². The van der Waals surface area contributed by atoms with Gasteiger partial charge in [0.25, 0.3) is 0 Å². The number of urea groups is 1. The van der Waals surface area contributed by atoms with Crippen molar-refractivity contribution < 1.29 is 4.79 Å². The Hall–Kier alpha value is -3.15. The predicted molar refractivity (Wildman–Crippen MR) is 101 cm³/mol. The summed E-state index contributed by atoms with van der Waals surface area (Å²) in [5, 5.41) is 7.26. The van der Waals surface area contributed by atoms with E-state index < -0.39 is 0 Å². The standard InChI is InChI=1S/C20H23N5O/c1-15(17-7-9-19(10-8-17)25-13-5-12-22-25)23-20(26)24(3)16(2)18-6-4-11-21-14-18/h4-16H,1-3H3,(H,23,26)/t15-,16+/m1/s1. The molecular formula is C20H23N5O. The third-order valence-corrected chi connectivity index (χ3v) is 4.57. The fourth-order valence-corrected chi connectivity index (χ4v) is 2.73. The molecule has 2 atom stereocenters. The Morgan fingerprint density at radius 2 is 1.85 bits per heavy atom. The van der Waals surface area contributed by atoms with Crippen molar-refractivity contribution in [2.45, 2.75) is 25.9 Å². The molecule has 0 aliphatic carbocycles. The maximum absolute atomic E-state index is 12.6. The fourth-order valence-electron chi connectivity index (χ4n) is 2.73. The Labute approximate surface area is 153 Å². The Balaban J connectivity index is 1.63. The molecule has 3 aromatic rings. The molecular weight excluding hydrogens is 326 g/mol. The van der Waals surface area contributed by atoms with Crippen molar-refractivity contribution in [3.8, 4) is 5.69 Å². The lowest BCUT2D eigenvalue weighted by atomic mass is 10.1. The average Bonchev–Trinajstić information content (AvgIpc) is 3.22. The van der Waals surface area contributed by atoms with Crippen LogP contribution >= 0.6 is 0 Å². The van der Waals surface area contributed by atoms with Gasteiger partial charge in [-0.05, 0) is 49.2 Å². The molecule has 134 valence electrons. The second-order valence-electron chi connectivity index (χ2n) is 6.29. The molecule has 0 unspecified atom stereocenters. The predicted octanol–water partition coefficient (Wildman–Crippen LogP) is 3.73. The fraction of sp³-hybridized carbons (Fsp3) is 0.250. The van der Waals surface area contributed by atoms with Gasteiger partial charge in [0.15, 0.2) is 0 Å². The van der Waals surface area contributed by atoms with Crippen molar-refractivity contribution in [2.75, 3.05) is 7.05 Å². The number of hydrogen-bond acceptors (Lipinski definition) is 3. The zero-order valence-corrected chi connectivity index (χ0v) is 15.2. The largest absolute Gasteiger partial charge is 0.331 e. The molecule has 0 saturated carbocycles. The van der Waals surface area contributed by atoms with Crippen LogP contribution in [0.15, 0.2) is 67.3 Å². The van der Waals surface area contributed by atoms with Crippen LogP contribution < -0.4 is 5.32 Å². The van der Waals surface area contributed by atoms with Gasteiger partial charge >= 0.3 is 6.03 Å². The normalized spacial score (nSPS) is 13.0. The van der Waals surface area contributed by atoms with E-state index >= 15 is 0 Å². The molecule has 1 N–H and O–H groups in total. The quantitative estimate of drug-likeness (QED) is 0.763. The van der Waals surface area contributed by atoms with Crippen molar-refractivity contribution in [3.05, 3.63) is 78.4 Å². The van der Waals surface area contributed by atoms with Gasteiger partial charge in [-0.1, -0.05) is 18.2 Å². The lowest BCUT2D eigenvalue weighted by molar-refractivity contribution is 0.191. The first-order valence-corrected chi connectivity index (χ1v) is 8.59. The van der Waals surface area contributed by atoms with Crippen LogP contribution in [0.2, 0.25) is 0 Å². The highest BCUT2D eigenvalue weighted by Gasteiger charge is 2.19. The maximum Gasteiger partial charge on any atom is 0.318 e. The summed E-state index contributed by atoms with van der Waals surface area (Å²) in [4.78, 5) is 18.4. The second-order valence-corrected chi connectivity index (χ2v) is 6.29. The van der Waals surface area contributed by atoms with Gasteiger partial charge in [-0.2, -0.15) is 5.10 Å². The topological polar surface area (TPSA) is 63.1 Å². The van der Waals surface area contributed by atoms with Gasteiger partial charge in [0.05, 0.1) is 17.8 Å². The average molecular weight is 349 g/mol. The van der Waals surface area contributed by atoms with E-state index in [9.17, 15) is 4.79 Å². The van der Waals surface area contributed by atoms with E-state index in [4.69, 9.17) is 0 Å². The van der Waals surface area contributed by atoms with Gasteiger partial charge in [0.1, 0.15) is 0 Å². The summed E-state index contributed by atoms with van der Waals surface area (Å²) in [5.41, 5.74) is 3.03. The van der Waals surface area contributed by atoms with Crippen molar-refractivity contribution in [1.29, 1.82) is 0 Å². The zero-order valence-electron chi connectivity index (χ0n) is 15.2. The third kappa shape index (κ3) is 3.91. The number of amides is 2. The molecule has 2 amide bonds. The number of benzene rings is 1. The molecule has 0 bridgehead atoms. The maximum atomic E-state index is 12.6. The lowest BCUT2D eigenvalue weighted by Crippen LogP contribution is -2.39. The highest BCUT2D eigenvalue weighted by molar-refractivity contribution is 5.75. The van der Waals surface area contributed by atoms with Crippen molar-refractivity contribution in [3.63, 3.8) is 0 Å². The van der Waals surface area contributed by atoms with Crippen LogP contribution in [0, 0.1) is 0 Å². The first kappa shape index (κ1) is 17.7. The van der Waals surface area contributed by atoms with Gasteiger partial charge < -0.3 is 10.2 Å². The Morgan fingerprint density at radius 3 is 2.46 bits per heavy atom. The molecule has 3 rings (SSSR count). The monoisotopic (exact) mass is 349 g/mol. The summed E-state index contributed by atoms with van der Waals surface area (Å²) in [6, 6.07) is 13.5. The number of pyridine rings is 1. The van der Waals surface area contributed by atoms with Crippen LogP contribution in [-0.2, 0) is 0 Å². The second kappa shape index (κ2) is 7.82. The summed E-state index contributed by atoms with van der Waals surface area (Å²) < 4.78 is 1.80. The Morgan fingerprint density at radius 1 is 1.08 bits per heavy atom. The van der Waals surface area contributed by atoms with E-state index in [1.165, 1.54) is 0 Å². The number of nitrogens with one attached hydrogen (secondary N) is 1. The molecule has 2 heterocycles. The minimum Gasteiger partial charge on any atom is -0.331 e. The first-order chi connectivity index (χ1) is 12.6. The zero-order chi connectivity index (χ0) is 18.5.